The summed E-state index contributed by atoms with van der Waals surface area (Å²) in [5, 5.41) is 0. The smallest absolute Gasteiger partial charge is 0.306 e. The number of allylic oxidation sites excluding steroid dienone is 1. The van der Waals surface area contributed by atoms with Gasteiger partial charge in [0, 0.05) is 13.7 Å². The fourth-order valence-electron chi connectivity index (χ4n) is 2.04. The van der Waals surface area contributed by atoms with E-state index in [9.17, 15) is 13.2 Å². The van der Waals surface area contributed by atoms with Gasteiger partial charge >= 0.3 is 10.1 Å². The zero-order chi connectivity index (χ0) is 16.2. The van der Waals surface area contributed by atoms with Crippen LogP contribution in [-0.4, -0.2) is 51.3 Å². The Bertz CT molecular complexity index is 564. The van der Waals surface area contributed by atoms with Crippen molar-refractivity contribution in [2.24, 2.45) is 0 Å². The Hall–Kier alpha value is -1.60. The van der Waals surface area contributed by atoms with Gasteiger partial charge in [-0.05, 0) is 18.9 Å². The predicted octanol–water partition coefficient (Wildman–Crippen LogP) is 1.22. The van der Waals surface area contributed by atoms with Gasteiger partial charge in [-0.1, -0.05) is 18.7 Å². The van der Waals surface area contributed by atoms with E-state index in [-0.39, 0.29) is 17.7 Å². The van der Waals surface area contributed by atoms with Gasteiger partial charge in [-0.2, -0.15) is 8.42 Å². The fraction of sp³-hybridized carbons (Fsp3) is 0.500. The van der Waals surface area contributed by atoms with E-state index in [0.717, 1.165) is 6.26 Å². The highest BCUT2D eigenvalue weighted by Gasteiger charge is 2.45. The number of amides is 1. The molecule has 0 spiro atoms. The second-order valence-electron chi connectivity index (χ2n) is 4.82. The number of hydrogen-bond donors (Lipinski definition) is 0. The maximum Gasteiger partial charge on any atom is 0.306 e. The maximum absolute atomic E-state index is 11.9. The van der Waals surface area contributed by atoms with Crippen LogP contribution in [0.3, 0.4) is 0 Å². The largest absolute Gasteiger partial charge is 0.383 e. The van der Waals surface area contributed by atoms with Crippen molar-refractivity contribution in [3.63, 3.8) is 0 Å². The van der Waals surface area contributed by atoms with E-state index in [4.69, 9.17) is 8.92 Å². The van der Waals surface area contributed by atoms with E-state index in [0.29, 0.717) is 18.5 Å². The molecule has 6 nitrogen and oxygen atoms in total. The fourth-order valence-corrected chi connectivity index (χ4v) is 2.54. The van der Waals surface area contributed by atoms with E-state index < -0.39 is 16.2 Å². The first kappa shape index (κ1) is 17.5. The standard InChI is InChI=1S/C14H21NO5S/c1-6-7-8-15-12(13(19-4)14(15)16)9-10(2)11(3)20-21(5,17)18/h6,9,12-13H,1,3,7-8H2,2,4-5H3/b10-9+/t12-,13+/m0/s1. The summed E-state index contributed by atoms with van der Waals surface area (Å²) < 4.78 is 32.0. The van der Waals surface area contributed by atoms with Crippen molar-refractivity contribution >= 4 is 16.0 Å². The number of carbonyl (C=O) groups excluding carboxylic acids is 1. The van der Waals surface area contributed by atoms with Crippen LogP contribution in [0.4, 0.5) is 0 Å². The van der Waals surface area contributed by atoms with Crippen molar-refractivity contribution in [3.8, 4) is 0 Å². The van der Waals surface area contributed by atoms with Gasteiger partial charge in [0.15, 0.2) is 6.10 Å². The minimum atomic E-state index is -3.62. The number of nitrogens with zero attached hydrogens (tertiary/aromatic N) is 1. The Morgan fingerprint density at radius 2 is 2.10 bits per heavy atom. The molecule has 0 aromatic carbocycles. The topological polar surface area (TPSA) is 72.9 Å². The van der Waals surface area contributed by atoms with Crippen molar-refractivity contribution in [3.05, 3.63) is 36.6 Å². The normalized spacial score (nSPS) is 22.7. The molecule has 0 aliphatic carbocycles. The molecule has 2 atom stereocenters. The van der Waals surface area contributed by atoms with Gasteiger partial charge in [0.1, 0.15) is 5.76 Å². The molecule has 0 radical (unpaired) electrons. The average molecular weight is 315 g/mol. The van der Waals surface area contributed by atoms with Crippen LogP contribution in [0.15, 0.2) is 36.6 Å². The second kappa shape index (κ2) is 6.91. The Morgan fingerprint density at radius 1 is 1.48 bits per heavy atom. The van der Waals surface area contributed by atoms with E-state index in [2.05, 4.69) is 13.2 Å². The highest BCUT2D eigenvalue weighted by atomic mass is 32.2. The van der Waals surface area contributed by atoms with E-state index in [1.54, 1.807) is 24.0 Å². The average Bonchev–Trinajstić information content (AvgIpc) is 2.37. The minimum absolute atomic E-state index is 0.0374. The molecule has 0 bridgehead atoms. The lowest BCUT2D eigenvalue weighted by Crippen LogP contribution is -2.64. The Labute approximate surface area is 125 Å². The van der Waals surface area contributed by atoms with Crippen molar-refractivity contribution < 1.29 is 22.1 Å². The number of hydrogen-bond acceptors (Lipinski definition) is 5. The molecule has 118 valence electrons. The second-order valence-corrected chi connectivity index (χ2v) is 6.39. The Morgan fingerprint density at radius 3 is 2.57 bits per heavy atom. The maximum atomic E-state index is 11.9. The number of β-lactam (4-membered cyclic amide) rings is 1. The first-order valence-corrected chi connectivity index (χ1v) is 8.24. The quantitative estimate of drug-likeness (QED) is 0.221. The Balaban J connectivity index is 2.84. The number of likely N-dealkylation sites (tertiary alicyclic amines) is 1. The van der Waals surface area contributed by atoms with Gasteiger partial charge in [0.2, 0.25) is 0 Å². The number of ether oxygens (including phenoxy) is 1. The highest BCUT2D eigenvalue weighted by Crippen LogP contribution is 2.26. The molecule has 1 heterocycles. The van der Waals surface area contributed by atoms with Crippen LogP contribution in [0, 0.1) is 0 Å². The summed E-state index contributed by atoms with van der Waals surface area (Å²) in [5.41, 5.74) is 0.545. The third-order valence-corrected chi connectivity index (χ3v) is 3.64. The predicted molar refractivity (Wildman–Crippen MR) is 79.9 cm³/mol. The first-order chi connectivity index (χ1) is 9.71. The lowest BCUT2D eigenvalue weighted by Gasteiger charge is -2.45. The summed E-state index contributed by atoms with van der Waals surface area (Å²) in [4.78, 5) is 13.5. The number of carbonyl (C=O) groups is 1. The van der Waals surface area contributed by atoms with Crippen molar-refractivity contribution in [1.29, 1.82) is 0 Å². The van der Waals surface area contributed by atoms with Crippen LogP contribution >= 0.6 is 0 Å². The summed E-state index contributed by atoms with van der Waals surface area (Å²) in [7, 11) is -2.15. The number of rotatable bonds is 8. The van der Waals surface area contributed by atoms with Gasteiger partial charge in [-0.3, -0.25) is 4.79 Å². The van der Waals surface area contributed by atoms with Crippen molar-refractivity contribution in [2.75, 3.05) is 19.9 Å². The molecule has 7 heteroatoms. The summed E-state index contributed by atoms with van der Waals surface area (Å²) in [6, 6.07) is -0.262. The monoisotopic (exact) mass is 315 g/mol. The molecule has 1 saturated heterocycles. The molecule has 0 unspecified atom stereocenters. The summed E-state index contributed by atoms with van der Waals surface area (Å²) >= 11 is 0. The van der Waals surface area contributed by atoms with E-state index >= 15 is 0 Å². The first-order valence-electron chi connectivity index (χ1n) is 6.42. The lowest BCUT2D eigenvalue weighted by atomic mass is 9.95. The molecule has 0 aromatic rings. The molecular weight excluding hydrogens is 294 g/mol. The van der Waals surface area contributed by atoms with Crippen molar-refractivity contribution in [1.82, 2.24) is 4.90 Å². The van der Waals surface area contributed by atoms with E-state index in [1.165, 1.54) is 7.11 Å². The Kier molecular flexibility index (Phi) is 5.74. The molecule has 0 N–H and O–H groups in total. The zero-order valence-corrected chi connectivity index (χ0v) is 13.4. The minimum Gasteiger partial charge on any atom is -0.383 e. The molecule has 0 saturated carbocycles. The molecular formula is C14H21NO5S. The van der Waals surface area contributed by atoms with E-state index in [1.807, 2.05) is 0 Å². The van der Waals surface area contributed by atoms with Crippen LogP contribution in [-0.2, 0) is 23.8 Å². The van der Waals surface area contributed by atoms with Crippen molar-refractivity contribution in [2.45, 2.75) is 25.5 Å². The van der Waals surface area contributed by atoms with Gasteiger partial charge in [0.05, 0.1) is 12.3 Å². The van der Waals surface area contributed by atoms with Gasteiger partial charge in [0.25, 0.3) is 5.91 Å². The third-order valence-electron chi connectivity index (χ3n) is 3.14. The summed E-state index contributed by atoms with van der Waals surface area (Å²) in [6.07, 6.45) is 4.52. The summed E-state index contributed by atoms with van der Waals surface area (Å²) in [6.45, 7) is 9.42. The van der Waals surface area contributed by atoms with Gasteiger partial charge in [-0.15, -0.1) is 6.58 Å². The molecule has 1 amide bonds. The molecule has 1 aliphatic rings. The van der Waals surface area contributed by atoms with Crippen LogP contribution in [0.5, 0.6) is 0 Å². The lowest BCUT2D eigenvalue weighted by molar-refractivity contribution is -0.165. The summed E-state index contributed by atoms with van der Waals surface area (Å²) in [5.74, 6) is -0.0570. The zero-order valence-electron chi connectivity index (χ0n) is 12.5. The molecule has 21 heavy (non-hydrogen) atoms. The van der Waals surface area contributed by atoms with Crippen LogP contribution in [0.25, 0.3) is 0 Å². The van der Waals surface area contributed by atoms with Crippen LogP contribution < -0.4 is 0 Å². The van der Waals surface area contributed by atoms with Crippen LogP contribution in [0.2, 0.25) is 0 Å². The third kappa shape index (κ3) is 4.44. The SMILES string of the molecule is C=CCCN1C(=O)[C@H](OC)[C@@H]1/C=C(\C)C(=C)OS(C)(=O)=O. The molecule has 0 aromatic heterocycles. The van der Waals surface area contributed by atoms with Gasteiger partial charge in [-0.25, -0.2) is 0 Å². The highest BCUT2D eigenvalue weighted by molar-refractivity contribution is 7.86. The molecule has 1 fully saturated rings. The molecule has 1 rings (SSSR count). The van der Waals surface area contributed by atoms with Crippen LogP contribution in [0.1, 0.15) is 13.3 Å². The van der Waals surface area contributed by atoms with Gasteiger partial charge < -0.3 is 13.8 Å². The molecule has 1 aliphatic heterocycles. The number of methoxy groups -OCH3 is 1.